The first-order valence-electron chi connectivity index (χ1n) is 6.84. The largest absolute Gasteiger partial charge is 0.376 e. The lowest BCUT2D eigenvalue weighted by Crippen LogP contribution is -2.41. The number of fused-ring (bicyclic) bond motifs is 1. The zero-order valence-corrected chi connectivity index (χ0v) is 12.2. The fraction of sp³-hybridized carbons (Fsp3) is 0.333. The van der Waals surface area contributed by atoms with Crippen molar-refractivity contribution in [3.05, 3.63) is 58.6 Å². The van der Waals surface area contributed by atoms with E-state index in [4.69, 9.17) is 0 Å². The van der Waals surface area contributed by atoms with Crippen molar-refractivity contribution in [3.8, 4) is 0 Å². The highest BCUT2D eigenvalue weighted by molar-refractivity contribution is 5.43. The van der Waals surface area contributed by atoms with Crippen molar-refractivity contribution >= 4 is 12.2 Å². The molecule has 1 N–H and O–H groups in total. The third-order valence-corrected chi connectivity index (χ3v) is 3.88. The first-order valence-corrected chi connectivity index (χ1v) is 6.84. The summed E-state index contributed by atoms with van der Waals surface area (Å²) in [6, 6.07) is 6.68. The van der Waals surface area contributed by atoms with Crippen LogP contribution in [-0.2, 0) is 5.54 Å². The summed E-state index contributed by atoms with van der Waals surface area (Å²) >= 11 is 0. The molecule has 100 valence electrons. The molecule has 0 aliphatic heterocycles. The van der Waals surface area contributed by atoms with E-state index in [1.807, 2.05) is 6.92 Å². The summed E-state index contributed by atoms with van der Waals surface area (Å²) in [5, 5.41) is 6.14. The van der Waals surface area contributed by atoms with Gasteiger partial charge in [-0.25, -0.2) is 0 Å². The zero-order valence-electron chi connectivity index (χ0n) is 12.2. The van der Waals surface area contributed by atoms with Gasteiger partial charge in [0.2, 0.25) is 0 Å². The molecule has 0 heterocycles. The Kier molecular flexibility index (Phi) is 3.66. The average Bonchev–Trinajstić information content (AvgIpc) is 2.37. The van der Waals surface area contributed by atoms with Gasteiger partial charge in [-0.15, -0.1) is 0 Å². The van der Waals surface area contributed by atoms with E-state index in [0.717, 1.165) is 24.1 Å². The van der Waals surface area contributed by atoms with Crippen LogP contribution in [0.3, 0.4) is 0 Å². The van der Waals surface area contributed by atoms with Crippen LogP contribution in [0.2, 0.25) is 0 Å². The third-order valence-electron chi connectivity index (χ3n) is 3.88. The summed E-state index contributed by atoms with van der Waals surface area (Å²) in [5.41, 5.74) is 3.04. The van der Waals surface area contributed by atoms with Gasteiger partial charge in [0.05, 0.1) is 5.54 Å². The standard InChI is InChI=1S/C18H23N/c1-13(2)18(5,19-14(3)4)17-11-10-15-8-6-7-9-16(15)12-17/h8-12,19H,1,3,6-7H2,2,4-5H3. The molecule has 0 fully saturated rings. The Morgan fingerprint density at radius 3 is 2.32 bits per heavy atom. The number of allylic oxidation sites excluding steroid dienone is 1. The van der Waals surface area contributed by atoms with E-state index in [1.54, 1.807) is 0 Å². The van der Waals surface area contributed by atoms with Crippen LogP contribution in [0, 0.1) is 0 Å². The van der Waals surface area contributed by atoms with Gasteiger partial charge in [-0.3, -0.25) is 0 Å². The Morgan fingerprint density at radius 2 is 1.74 bits per heavy atom. The number of hydrogen-bond donors (Lipinski definition) is 1. The molecule has 1 heteroatoms. The van der Waals surface area contributed by atoms with Gasteiger partial charge in [-0.05, 0) is 55.7 Å². The summed E-state index contributed by atoms with van der Waals surface area (Å²) in [5.74, 6) is 0. The van der Waals surface area contributed by atoms with Gasteiger partial charge < -0.3 is 5.32 Å². The highest BCUT2D eigenvalue weighted by Crippen LogP contribution is 2.27. The summed E-state index contributed by atoms with van der Waals surface area (Å²) in [6.07, 6.45) is 6.91. The van der Waals surface area contributed by atoms with Gasteiger partial charge in [0.15, 0.2) is 0 Å². The first-order chi connectivity index (χ1) is 8.93. The smallest absolute Gasteiger partial charge is 0.0802 e. The van der Waals surface area contributed by atoms with Crippen LogP contribution < -0.4 is 15.8 Å². The molecule has 0 radical (unpaired) electrons. The summed E-state index contributed by atoms with van der Waals surface area (Å²) in [6.45, 7) is 14.3. The summed E-state index contributed by atoms with van der Waals surface area (Å²) in [4.78, 5) is 0. The Hall–Kier alpha value is -1.76. The molecule has 0 saturated heterocycles. The predicted octanol–water partition coefficient (Wildman–Crippen LogP) is 2.96. The van der Waals surface area contributed by atoms with Crippen LogP contribution in [0.5, 0.6) is 0 Å². The summed E-state index contributed by atoms with van der Waals surface area (Å²) in [7, 11) is 0. The monoisotopic (exact) mass is 253 g/mol. The lowest BCUT2D eigenvalue weighted by Gasteiger charge is -2.33. The lowest BCUT2D eigenvalue weighted by molar-refractivity contribution is 0.479. The number of rotatable bonds is 4. The SMILES string of the molecule is C=C(C)NC(C)(C(=C)C)c1ccc2c(c1)=CCCC=2. The molecule has 1 nitrogen and oxygen atoms in total. The van der Waals surface area contributed by atoms with E-state index in [2.05, 4.69) is 62.7 Å². The molecule has 1 aliphatic carbocycles. The Labute approximate surface area is 116 Å². The maximum atomic E-state index is 4.15. The van der Waals surface area contributed by atoms with Crippen molar-refractivity contribution in [2.24, 2.45) is 0 Å². The van der Waals surface area contributed by atoms with E-state index < -0.39 is 0 Å². The maximum absolute atomic E-state index is 4.15. The second-order valence-electron chi connectivity index (χ2n) is 5.64. The van der Waals surface area contributed by atoms with Gasteiger partial charge in [0.25, 0.3) is 0 Å². The molecule has 0 amide bonds. The van der Waals surface area contributed by atoms with E-state index in [9.17, 15) is 0 Å². The molecule has 0 spiro atoms. The van der Waals surface area contributed by atoms with E-state index in [1.165, 1.54) is 16.0 Å². The predicted molar refractivity (Wildman–Crippen MR) is 84.0 cm³/mol. The van der Waals surface area contributed by atoms with Crippen molar-refractivity contribution in [3.63, 3.8) is 0 Å². The third kappa shape index (κ3) is 2.65. The van der Waals surface area contributed by atoms with Crippen LogP contribution >= 0.6 is 0 Å². The fourth-order valence-corrected chi connectivity index (χ4v) is 2.58. The molecular weight excluding hydrogens is 230 g/mol. The molecule has 19 heavy (non-hydrogen) atoms. The van der Waals surface area contributed by atoms with Crippen molar-refractivity contribution in [2.45, 2.75) is 39.2 Å². The van der Waals surface area contributed by atoms with Crippen LogP contribution in [-0.4, -0.2) is 0 Å². The van der Waals surface area contributed by atoms with E-state index in [-0.39, 0.29) is 5.54 Å². The van der Waals surface area contributed by atoms with Crippen molar-refractivity contribution in [2.75, 3.05) is 0 Å². The summed E-state index contributed by atoms with van der Waals surface area (Å²) < 4.78 is 0. The number of hydrogen-bond acceptors (Lipinski definition) is 1. The van der Waals surface area contributed by atoms with Crippen LogP contribution in [0.4, 0.5) is 0 Å². The van der Waals surface area contributed by atoms with Crippen LogP contribution in [0.1, 0.15) is 39.2 Å². The van der Waals surface area contributed by atoms with Crippen molar-refractivity contribution in [1.29, 1.82) is 0 Å². The van der Waals surface area contributed by atoms with Gasteiger partial charge >= 0.3 is 0 Å². The molecule has 2 rings (SSSR count). The average molecular weight is 253 g/mol. The number of benzene rings is 1. The van der Waals surface area contributed by atoms with Gasteiger partial charge in [0, 0.05) is 5.70 Å². The zero-order chi connectivity index (χ0) is 14.0. The first kappa shape index (κ1) is 13.7. The minimum Gasteiger partial charge on any atom is -0.376 e. The molecule has 0 saturated carbocycles. The van der Waals surface area contributed by atoms with Crippen LogP contribution in [0.15, 0.2) is 42.6 Å². The molecule has 0 bridgehead atoms. The minimum absolute atomic E-state index is 0.258. The van der Waals surface area contributed by atoms with Crippen molar-refractivity contribution < 1.29 is 0 Å². The minimum atomic E-state index is -0.258. The maximum Gasteiger partial charge on any atom is 0.0802 e. The molecule has 0 aromatic heterocycles. The van der Waals surface area contributed by atoms with Gasteiger partial charge in [0.1, 0.15) is 0 Å². The normalized spacial score (nSPS) is 16.4. The molecule has 1 unspecified atom stereocenters. The van der Waals surface area contributed by atoms with E-state index >= 15 is 0 Å². The second-order valence-corrected chi connectivity index (χ2v) is 5.64. The Morgan fingerprint density at radius 1 is 1.11 bits per heavy atom. The molecule has 1 aromatic rings. The fourth-order valence-electron chi connectivity index (χ4n) is 2.58. The van der Waals surface area contributed by atoms with E-state index in [0.29, 0.717) is 0 Å². The molecular formula is C18H23N. The van der Waals surface area contributed by atoms with Crippen molar-refractivity contribution in [1.82, 2.24) is 5.32 Å². The topological polar surface area (TPSA) is 12.0 Å². The van der Waals surface area contributed by atoms with Gasteiger partial charge in [-0.1, -0.05) is 43.0 Å². The second kappa shape index (κ2) is 5.08. The highest BCUT2D eigenvalue weighted by Gasteiger charge is 2.27. The van der Waals surface area contributed by atoms with Crippen LogP contribution in [0.25, 0.3) is 12.2 Å². The lowest BCUT2D eigenvalue weighted by atomic mass is 9.84. The highest BCUT2D eigenvalue weighted by atomic mass is 15.0. The molecule has 1 aliphatic rings. The molecule has 1 atom stereocenters. The Bertz CT molecular complexity index is 636. The Balaban J connectivity index is 2.56. The van der Waals surface area contributed by atoms with Gasteiger partial charge in [-0.2, -0.15) is 0 Å². The molecule has 1 aromatic carbocycles. The number of nitrogens with one attached hydrogen (secondary N) is 1. The quantitative estimate of drug-likeness (QED) is 0.814.